The monoisotopic (exact) mass is 267 g/mol. The molecule has 0 fully saturated rings. The lowest BCUT2D eigenvalue weighted by Gasteiger charge is -2.07. The van der Waals surface area contributed by atoms with Gasteiger partial charge in [0.05, 0.1) is 0 Å². The molecule has 0 unspecified atom stereocenters. The van der Waals surface area contributed by atoms with Crippen molar-refractivity contribution in [3.63, 3.8) is 0 Å². The van der Waals surface area contributed by atoms with Crippen molar-refractivity contribution >= 4 is 11.6 Å². The van der Waals surface area contributed by atoms with E-state index in [1.807, 2.05) is 36.4 Å². The van der Waals surface area contributed by atoms with Crippen LogP contribution in [0.3, 0.4) is 0 Å². The summed E-state index contributed by atoms with van der Waals surface area (Å²) in [6, 6.07) is 16.3. The molecule has 2 aromatic carbocycles. The zero-order chi connectivity index (χ0) is 14.4. The fourth-order valence-electron chi connectivity index (χ4n) is 2.14. The number of carbonyl (C=O) groups is 1. The first-order valence-electron chi connectivity index (χ1n) is 7.06. The Morgan fingerprint density at radius 3 is 2.45 bits per heavy atom. The fraction of sp³-hybridized carbons (Fsp3) is 0.278. The number of amides is 1. The smallest absolute Gasteiger partial charge is 0.224 e. The van der Waals surface area contributed by atoms with Crippen molar-refractivity contribution in [3.8, 4) is 0 Å². The van der Waals surface area contributed by atoms with Crippen molar-refractivity contribution < 1.29 is 4.79 Å². The molecule has 0 radical (unpaired) electrons. The van der Waals surface area contributed by atoms with E-state index in [1.165, 1.54) is 16.7 Å². The van der Waals surface area contributed by atoms with E-state index in [0.717, 1.165) is 18.5 Å². The fourth-order valence-corrected chi connectivity index (χ4v) is 2.14. The lowest BCUT2D eigenvalue weighted by molar-refractivity contribution is -0.116. The number of aryl methyl sites for hydroxylation is 3. The molecule has 0 aliphatic rings. The summed E-state index contributed by atoms with van der Waals surface area (Å²) in [5.41, 5.74) is 4.61. The Morgan fingerprint density at radius 1 is 1.00 bits per heavy atom. The molecule has 2 rings (SSSR count). The minimum Gasteiger partial charge on any atom is -0.326 e. The van der Waals surface area contributed by atoms with Crippen molar-refractivity contribution in [1.82, 2.24) is 0 Å². The molecule has 0 heterocycles. The van der Waals surface area contributed by atoms with Crippen molar-refractivity contribution in [1.29, 1.82) is 0 Å². The lowest BCUT2D eigenvalue weighted by Crippen LogP contribution is -2.11. The Labute approximate surface area is 120 Å². The van der Waals surface area contributed by atoms with Crippen LogP contribution in [0.15, 0.2) is 48.5 Å². The highest BCUT2D eigenvalue weighted by Crippen LogP contribution is 2.14. The average molecular weight is 267 g/mol. The number of nitrogens with one attached hydrogen (secondary N) is 1. The highest BCUT2D eigenvalue weighted by atomic mass is 16.1. The zero-order valence-electron chi connectivity index (χ0n) is 12.1. The Balaban J connectivity index is 1.79. The van der Waals surface area contributed by atoms with Gasteiger partial charge >= 0.3 is 0 Å². The van der Waals surface area contributed by atoms with Crippen molar-refractivity contribution in [2.45, 2.75) is 33.1 Å². The van der Waals surface area contributed by atoms with Gasteiger partial charge in [-0.2, -0.15) is 0 Å². The first-order valence-corrected chi connectivity index (χ1v) is 7.06. The van der Waals surface area contributed by atoms with E-state index in [-0.39, 0.29) is 5.91 Å². The normalized spacial score (nSPS) is 10.3. The largest absolute Gasteiger partial charge is 0.326 e. The van der Waals surface area contributed by atoms with Crippen molar-refractivity contribution in [2.24, 2.45) is 0 Å². The number of hydrogen-bond acceptors (Lipinski definition) is 1. The molecule has 0 saturated heterocycles. The summed E-state index contributed by atoms with van der Waals surface area (Å²) in [6.07, 6.45) is 2.38. The lowest BCUT2D eigenvalue weighted by atomic mass is 10.1. The number of anilines is 1. The zero-order valence-corrected chi connectivity index (χ0v) is 12.1. The maximum absolute atomic E-state index is 11.9. The molecule has 0 aromatic heterocycles. The highest BCUT2D eigenvalue weighted by molar-refractivity contribution is 5.90. The van der Waals surface area contributed by atoms with Crippen LogP contribution in [0.1, 0.15) is 29.5 Å². The molecule has 0 aliphatic heterocycles. The maximum Gasteiger partial charge on any atom is 0.224 e. The van der Waals surface area contributed by atoms with Crippen molar-refractivity contribution in [3.05, 3.63) is 65.2 Å². The van der Waals surface area contributed by atoms with Gasteiger partial charge in [-0.1, -0.05) is 36.4 Å². The molecule has 0 bridgehead atoms. The molecule has 0 spiro atoms. The van der Waals surface area contributed by atoms with Crippen LogP contribution in [0, 0.1) is 13.8 Å². The van der Waals surface area contributed by atoms with Crippen molar-refractivity contribution in [2.75, 3.05) is 5.32 Å². The van der Waals surface area contributed by atoms with Gasteiger partial charge in [-0.3, -0.25) is 4.79 Å². The van der Waals surface area contributed by atoms with Crippen LogP contribution in [-0.4, -0.2) is 5.91 Å². The van der Waals surface area contributed by atoms with Crippen LogP contribution in [0.2, 0.25) is 0 Å². The Bertz CT molecular complexity index is 575. The predicted octanol–water partition coefficient (Wildman–Crippen LogP) is 4.26. The van der Waals surface area contributed by atoms with Crippen LogP contribution in [0.25, 0.3) is 0 Å². The number of carbonyl (C=O) groups excluding carboxylic acids is 1. The highest BCUT2D eigenvalue weighted by Gasteiger charge is 2.03. The molecular weight excluding hydrogens is 246 g/mol. The van der Waals surface area contributed by atoms with Crippen LogP contribution < -0.4 is 5.32 Å². The minimum absolute atomic E-state index is 0.0872. The molecule has 1 amide bonds. The standard InChI is InChI=1S/C18H21NO/c1-14-11-12-17(13-15(14)2)19-18(20)10-6-9-16-7-4-3-5-8-16/h3-5,7-8,11-13H,6,9-10H2,1-2H3,(H,19,20). The van der Waals surface area contributed by atoms with Gasteiger partial charge in [0.1, 0.15) is 0 Å². The summed E-state index contributed by atoms with van der Waals surface area (Å²) >= 11 is 0. The molecule has 2 aromatic rings. The van der Waals surface area contributed by atoms with Crippen LogP contribution in [0.4, 0.5) is 5.69 Å². The van der Waals surface area contributed by atoms with E-state index in [9.17, 15) is 4.79 Å². The van der Waals surface area contributed by atoms with Gasteiger partial charge in [0, 0.05) is 12.1 Å². The van der Waals surface area contributed by atoms with Gasteiger partial charge in [-0.25, -0.2) is 0 Å². The molecule has 0 atom stereocenters. The summed E-state index contributed by atoms with van der Waals surface area (Å²) in [4.78, 5) is 11.9. The van der Waals surface area contributed by atoms with Crippen LogP contribution in [0.5, 0.6) is 0 Å². The molecule has 104 valence electrons. The topological polar surface area (TPSA) is 29.1 Å². The van der Waals surface area contributed by atoms with E-state index < -0.39 is 0 Å². The minimum atomic E-state index is 0.0872. The van der Waals surface area contributed by atoms with Gasteiger partial charge in [-0.15, -0.1) is 0 Å². The average Bonchev–Trinajstić information content (AvgIpc) is 2.44. The maximum atomic E-state index is 11.9. The third-order valence-corrected chi connectivity index (χ3v) is 3.50. The third-order valence-electron chi connectivity index (χ3n) is 3.50. The second-order valence-corrected chi connectivity index (χ2v) is 5.19. The van der Waals surface area contributed by atoms with Gasteiger partial charge in [0.25, 0.3) is 0 Å². The molecular formula is C18H21NO. The van der Waals surface area contributed by atoms with E-state index in [2.05, 4.69) is 31.3 Å². The summed E-state index contributed by atoms with van der Waals surface area (Å²) in [5, 5.41) is 2.96. The Morgan fingerprint density at radius 2 is 1.75 bits per heavy atom. The Hall–Kier alpha value is -2.09. The molecule has 20 heavy (non-hydrogen) atoms. The van der Waals surface area contributed by atoms with Gasteiger partial charge in [0.15, 0.2) is 0 Å². The second-order valence-electron chi connectivity index (χ2n) is 5.19. The van der Waals surface area contributed by atoms with Crippen LogP contribution >= 0.6 is 0 Å². The molecule has 1 N–H and O–H groups in total. The number of benzene rings is 2. The molecule has 2 heteroatoms. The number of rotatable bonds is 5. The van der Waals surface area contributed by atoms with Gasteiger partial charge in [-0.05, 0) is 55.5 Å². The van der Waals surface area contributed by atoms with E-state index in [1.54, 1.807) is 0 Å². The summed E-state index contributed by atoms with van der Waals surface area (Å²) < 4.78 is 0. The van der Waals surface area contributed by atoms with E-state index in [0.29, 0.717) is 6.42 Å². The van der Waals surface area contributed by atoms with E-state index >= 15 is 0 Å². The number of hydrogen-bond donors (Lipinski definition) is 1. The molecule has 2 nitrogen and oxygen atoms in total. The van der Waals surface area contributed by atoms with E-state index in [4.69, 9.17) is 0 Å². The SMILES string of the molecule is Cc1ccc(NC(=O)CCCc2ccccc2)cc1C. The van der Waals surface area contributed by atoms with Gasteiger partial charge in [0.2, 0.25) is 5.91 Å². The third kappa shape index (κ3) is 4.23. The van der Waals surface area contributed by atoms with Gasteiger partial charge < -0.3 is 5.32 Å². The summed E-state index contributed by atoms with van der Waals surface area (Å²) in [6.45, 7) is 4.13. The Kier molecular flexibility index (Phi) is 4.94. The predicted molar refractivity (Wildman–Crippen MR) is 83.9 cm³/mol. The van der Waals surface area contributed by atoms with Crippen LogP contribution in [-0.2, 0) is 11.2 Å². The quantitative estimate of drug-likeness (QED) is 0.861. The first kappa shape index (κ1) is 14.3. The summed E-state index contributed by atoms with van der Waals surface area (Å²) in [5.74, 6) is 0.0872. The molecule has 0 aliphatic carbocycles. The molecule has 0 saturated carbocycles. The first-order chi connectivity index (χ1) is 9.65. The summed E-state index contributed by atoms with van der Waals surface area (Å²) in [7, 11) is 0. The second kappa shape index (κ2) is 6.90.